The highest BCUT2D eigenvalue weighted by Gasteiger charge is 2.30. The summed E-state index contributed by atoms with van der Waals surface area (Å²) in [5.74, 6) is -0.774. The predicted molar refractivity (Wildman–Crippen MR) is 120 cm³/mol. The molecule has 0 atom stereocenters. The smallest absolute Gasteiger partial charge is 0.240 e. The standard InChI is InChI=1S/C22H23N5O6/c28-10-22(11-29,12-30)26-19(33)9-23-20-21-24-8-16(13-5-6-17(31)18(32)7-13)27(21)15-4-2-1-3-14(15)25-20/h1-8,28-32H,9-12H2,(H,23,25)(H,26,33). The van der Waals surface area contributed by atoms with Crippen LogP contribution < -0.4 is 10.6 Å². The number of phenols is 2. The Morgan fingerprint density at radius 2 is 1.73 bits per heavy atom. The minimum Gasteiger partial charge on any atom is -0.504 e. The SMILES string of the molecule is O=C(CNc1nc2ccccc2n2c(-c3ccc(O)c(O)c3)cnc12)NC(CO)(CO)CO. The van der Waals surface area contributed by atoms with Gasteiger partial charge in [-0.25, -0.2) is 9.97 Å². The molecule has 2 aromatic heterocycles. The molecule has 0 aliphatic heterocycles. The molecule has 0 spiro atoms. The monoisotopic (exact) mass is 453 g/mol. The summed E-state index contributed by atoms with van der Waals surface area (Å²) in [5, 5.41) is 53.1. The Morgan fingerprint density at radius 3 is 2.42 bits per heavy atom. The maximum absolute atomic E-state index is 12.4. The van der Waals surface area contributed by atoms with Gasteiger partial charge < -0.3 is 36.2 Å². The van der Waals surface area contributed by atoms with Crippen molar-refractivity contribution >= 4 is 28.4 Å². The van der Waals surface area contributed by atoms with Crippen LogP contribution in [0.15, 0.2) is 48.7 Å². The van der Waals surface area contributed by atoms with Crippen molar-refractivity contribution in [3.05, 3.63) is 48.7 Å². The van der Waals surface area contributed by atoms with Crippen LogP contribution in [-0.4, -0.2) is 77.7 Å². The second-order valence-corrected chi connectivity index (χ2v) is 7.61. The van der Waals surface area contributed by atoms with Crippen LogP contribution in [0.1, 0.15) is 0 Å². The van der Waals surface area contributed by atoms with E-state index in [1.165, 1.54) is 12.1 Å². The average Bonchev–Trinajstić information content (AvgIpc) is 3.28. The normalized spacial score (nSPS) is 11.7. The summed E-state index contributed by atoms with van der Waals surface area (Å²) in [6, 6.07) is 11.8. The van der Waals surface area contributed by atoms with E-state index in [1.807, 2.05) is 22.6 Å². The number of amides is 1. The van der Waals surface area contributed by atoms with Gasteiger partial charge in [0, 0.05) is 5.56 Å². The molecule has 11 nitrogen and oxygen atoms in total. The van der Waals surface area contributed by atoms with Crippen molar-refractivity contribution in [3.8, 4) is 22.8 Å². The van der Waals surface area contributed by atoms with Crippen LogP contribution in [0.4, 0.5) is 5.82 Å². The lowest BCUT2D eigenvalue weighted by molar-refractivity contribution is -0.123. The summed E-state index contributed by atoms with van der Waals surface area (Å²) in [6.45, 7) is -2.15. The van der Waals surface area contributed by atoms with E-state index in [9.17, 15) is 30.3 Å². The molecule has 1 amide bonds. The first-order valence-corrected chi connectivity index (χ1v) is 10.1. The quantitative estimate of drug-likeness (QED) is 0.184. The zero-order valence-electron chi connectivity index (χ0n) is 17.4. The second kappa shape index (κ2) is 8.90. The van der Waals surface area contributed by atoms with Gasteiger partial charge in [-0.1, -0.05) is 12.1 Å². The third kappa shape index (κ3) is 4.12. The van der Waals surface area contributed by atoms with E-state index in [2.05, 4.69) is 20.6 Å². The number of rotatable bonds is 8. The summed E-state index contributed by atoms with van der Waals surface area (Å²) in [7, 11) is 0. The lowest BCUT2D eigenvalue weighted by Gasteiger charge is -2.28. The Labute approximate surface area is 187 Å². The first-order chi connectivity index (χ1) is 15.9. The van der Waals surface area contributed by atoms with Crippen molar-refractivity contribution in [2.24, 2.45) is 0 Å². The highest BCUT2D eigenvalue weighted by Crippen LogP contribution is 2.33. The van der Waals surface area contributed by atoms with Crippen molar-refractivity contribution < 1.29 is 30.3 Å². The molecule has 0 fully saturated rings. The van der Waals surface area contributed by atoms with E-state index < -0.39 is 31.3 Å². The van der Waals surface area contributed by atoms with Gasteiger partial charge >= 0.3 is 0 Å². The van der Waals surface area contributed by atoms with E-state index in [1.54, 1.807) is 18.3 Å². The zero-order valence-corrected chi connectivity index (χ0v) is 17.4. The maximum atomic E-state index is 12.4. The van der Waals surface area contributed by atoms with Crippen LogP contribution in [0.3, 0.4) is 0 Å². The number of phenolic OH excluding ortho intramolecular Hbond substituents is 2. The number of para-hydroxylation sites is 2. The number of aliphatic hydroxyl groups is 3. The third-order valence-electron chi connectivity index (χ3n) is 5.33. The van der Waals surface area contributed by atoms with Crippen LogP contribution in [0.5, 0.6) is 11.5 Å². The molecular formula is C22H23N5O6. The number of aromatic hydroxyl groups is 2. The molecule has 4 rings (SSSR count). The molecule has 33 heavy (non-hydrogen) atoms. The van der Waals surface area contributed by atoms with Crippen molar-refractivity contribution in [2.45, 2.75) is 5.54 Å². The second-order valence-electron chi connectivity index (χ2n) is 7.61. The predicted octanol–water partition coefficient (Wildman–Crippen LogP) is 0.204. The van der Waals surface area contributed by atoms with Gasteiger partial charge in [-0.3, -0.25) is 9.20 Å². The minimum atomic E-state index is -1.54. The van der Waals surface area contributed by atoms with Crippen LogP contribution in [-0.2, 0) is 4.79 Å². The number of carbonyl (C=O) groups is 1. The highest BCUT2D eigenvalue weighted by molar-refractivity contribution is 5.88. The maximum Gasteiger partial charge on any atom is 0.240 e. The Hall–Kier alpha value is -3.93. The Bertz CT molecular complexity index is 1310. The molecule has 11 heteroatoms. The van der Waals surface area contributed by atoms with Crippen molar-refractivity contribution in [1.82, 2.24) is 19.7 Å². The molecule has 172 valence electrons. The zero-order chi connectivity index (χ0) is 23.6. The largest absolute Gasteiger partial charge is 0.504 e. The van der Waals surface area contributed by atoms with Crippen molar-refractivity contribution in [2.75, 3.05) is 31.7 Å². The van der Waals surface area contributed by atoms with E-state index in [0.29, 0.717) is 28.2 Å². The fourth-order valence-corrected chi connectivity index (χ4v) is 3.46. The lowest BCUT2D eigenvalue weighted by Crippen LogP contribution is -2.58. The molecular weight excluding hydrogens is 430 g/mol. The number of hydrogen-bond donors (Lipinski definition) is 7. The number of imidazole rings is 1. The summed E-state index contributed by atoms with van der Waals surface area (Å²) in [6.07, 6.45) is 1.59. The van der Waals surface area contributed by atoms with Crippen LogP contribution >= 0.6 is 0 Å². The summed E-state index contributed by atoms with van der Waals surface area (Å²) < 4.78 is 1.81. The Balaban J connectivity index is 1.73. The molecule has 7 N–H and O–H groups in total. The van der Waals surface area contributed by atoms with Gasteiger partial charge in [-0.15, -0.1) is 0 Å². The van der Waals surface area contributed by atoms with Gasteiger partial charge in [0.25, 0.3) is 0 Å². The van der Waals surface area contributed by atoms with Crippen LogP contribution in [0.2, 0.25) is 0 Å². The number of benzene rings is 2. The number of nitrogens with zero attached hydrogens (tertiary/aromatic N) is 3. The van der Waals surface area contributed by atoms with Crippen LogP contribution in [0, 0.1) is 0 Å². The fraction of sp³-hybridized carbons (Fsp3) is 0.227. The van der Waals surface area contributed by atoms with Gasteiger partial charge in [0.15, 0.2) is 23.0 Å². The molecule has 0 saturated carbocycles. The molecule has 0 radical (unpaired) electrons. The van der Waals surface area contributed by atoms with E-state index >= 15 is 0 Å². The average molecular weight is 453 g/mol. The van der Waals surface area contributed by atoms with Gasteiger partial charge in [0.1, 0.15) is 5.54 Å². The fourth-order valence-electron chi connectivity index (χ4n) is 3.46. The van der Waals surface area contributed by atoms with Gasteiger partial charge in [-0.05, 0) is 30.3 Å². The summed E-state index contributed by atoms with van der Waals surface area (Å²) >= 11 is 0. The summed E-state index contributed by atoms with van der Waals surface area (Å²) in [4.78, 5) is 21.4. The number of aliphatic hydroxyl groups excluding tert-OH is 3. The van der Waals surface area contributed by atoms with E-state index in [-0.39, 0.29) is 18.0 Å². The van der Waals surface area contributed by atoms with Crippen LogP contribution in [0.25, 0.3) is 27.9 Å². The first kappa shape index (κ1) is 22.3. The van der Waals surface area contributed by atoms with Gasteiger partial charge in [0.05, 0.1) is 49.3 Å². The number of aromatic nitrogens is 3. The Kier molecular flexibility index (Phi) is 6.01. The molecule has 2 aromatic carbocycles. The summed E-state index contributed by atoms with van der Waals surface area (Å²) in [5.41, 5.74) is 1.48. The third-order valence-corrected chi connectivity index (χ3v) is 5.33. The number of fused-ring (bicyclic) bond motifs is 3. The number of carbonyl (C=O) groups excluding carboxylic acids is 1. The molecule has 0 aliphatic carbocycles. The molecule has 0 saturated heterocycles. The van der Waals surface area contributed by atoms with Crippen molar-refractivity contribution in [1.29, 1.82) is 0 Å². The topological polar surface area (TPSA) is 172 Å². The molecule has 4 aromatic rings. The van der Waals surface area contributed by atoms with Gasteiger partial charge in [0.2, 0.25) is 5.91 Å². The molecule has 2 heterocycles. The molecule has 0 unspecified atom stereocenters. The Morgan fingerprint density at radius 1 is 1.00 bits per heavy atom. The lowest BCUT2D eigenvalue weighted by atomic mass is 10.0. The number of anilines is 1. The van der Waals surface area contributed by atoms with Gasteiger partial charge in [-0.2, -0.15) is 0 Å². The van der Waals surface area contributed by atoms with E-state index in [4.69, 9.17) is 0 Å². The van der Waals surface area contributed by atoms with Crippen molar-refractivity contribution in [3.63, 3.8) is 0 Å². The van der Waals surface area contributed by atoms with E-state index in [0.717, 1.165) is 5.52 Å². The highest BCUT2D eigenvalue weighted by atomic mass is 16.3. The first-order valence-electron chi connectivity index (χ1n) is 10.1. The number of hydrogen-bond acceptors (Lipinski definition) is 9. The molecule has 0 bridgehead atoms. The minimum absolute atomic E-state index is 0.239. The molecule has 0 aliphatic rings. The number of nitrogens with one attached hydrogen (secondary N) is 2.